The Balaban J connectivity index is 1.63. The van der Waals surface area contributed by atoms with Gasteiger partial charge in [0, 0.05) is 18.4 Å². The van der Waals surface area contributed by atoms with E-state index in [1.807, 2.05) is 6.07 Å². The van der Waals surface area contributed by atoms with Crippen molar-refractivity contribution in [3.8, 4) is 5.88 Å². The molecule has 0 atom stereocenters. The molecule has 1 aromatic carbocycles. The number of pyridine rings is 1. The largest absolute Gasteiger partial charge is 0.493 e. The van der Waals surface area contributed by atoms with Gasteiger partial charge in [-0.1, -0.05) is 12.2 Å². The normalized spacial score (nSPS) is 11.0. The summed E-state index contributed by atoms with van der Waals surface area (Å²) < 4.78 is 14.1. The molecule has 122 valence electrons. The average Bonchev–Trinajstić information content (AvgIpc) is 2.90. The van der Waals surface area contributed by atoms with Gasteiger partial charge in [0.1, 0.15) is 11.6 Å². The predicted octanol–water partition coefficient (Wildman–Crippen LogP) is 2.87. The Labute approximate surface area is 136 Å². The number of H-pyrrole nitrogens is 1. The second-order valence-electron chi connectivity index (χ2n) is 5.07. The minimum absolute atomic E-state index is 0.110. The van der Waals surface area contributed by atoms with E-state index in [1.54, 1.807) is 36.5 Å². The Kier molecular flexibility index (Phi) is 4.42. The lowest BCUT2D eigenvalue weighted by molar-refractivity contribution is 0.423. The van der Waals surface area contributed by atoms with Gasteiger partial charge in [0.05, 0.1) is 6.20 Å². The lowest BCUT2D eigenvalue weighted by atomic mass is 10.2. The Morgan fingerprint density at radius 2 is 2.04 bits per heavy atom. The molecule has 6 nitrogen and oxygen atoms in total. The van der Waals surface area contributed by atoms with Crippen molar-refractivity contribution in [1.82, 2.24) is 14.5 Å². The summed E-state index contributed by atoms with van der Waals surface area (Å²) in [7, 11) is 0. The van der Waals surface area contributed by atoms with Crippen molar-refractivity contribution >= 4 is 17.6 Å². The molecule has 0 radical (unpaired) electrons. The summed E-state index contributed by atoms with van der Waals surface area (Å²) in [6, 6.07) is 9.66. The van der Waals surface area contributed by atoms with Crippen LogP contribution in [0.5, 0.6) is 5.88 Å². The molecule has 3 rings (SSSR count). The van der Waals surface area contributed by atoms with Crippen LogP contribution in [0.2, 0.25) is 0 Å². The molecule has 2 heterocycles. The molecule has 0 saturated heterocycles. The summed E-state index contributed by atoms with van der Waals surface area (Å²) in [5, 5.41) is 12.5. The molecule has 3 N–H and O–H groups in total. The number of nitrogens with one attached hydrogen (secondary N) is 2. The van der Waals surface area contributed by atoms with Gasteiger partial charge >= 0.3 is 5.69 Å². The molecule has 7 heteroatoms. The molecule has 3 aromatic rings. The van der Waals surface area contributed by atoms with Crippen molar-refractivity contribution in [2.75, 3.05) is 5.32 Å². The van der Waals surface area contributed by atoms with Crippen LogP contribution in [0.25, 0.3) is 6.08 Å². The van der Waals surface area contributed by atoms with Crippen LogP contribution in [0.15, 0.2) is 59.7 Å². The maximum atomic E-state index is 12.9. The number of benzene rings is 1. The third kappa shape index (κ3) is 3.70. The molecule has 0 bridgehead atoms. The molecular formula is C17H15FN4O2. The van der Waals surface area contributed by atoms with E-state index in [0.29, 0.717) is 5.82 Å². The van der Waals surface area contributed by atoms with Gasteiger partial charge in [-0.05, 0) is 42.0 Å². The van der Waals surface area contributed by atoms with Crippen molar-refractivity contribution in [2.45, 2.75) is 6.54 Å². The fourth-order valence-electron chi connectivity index (χ4n) is 2.12. The second-order valence-corrected chi connectivity index (χ2v) is 5.07. The maximum absolute atomic E-state index is 12.9. The molecule has 0 aliphatic rings. The number of hydrogen-bond donors (Lipinski definition) is 3. The number of rotatable bonds is 5. The van der Waals surface area contributed by atoms with Crippen molar-refractivity contribution in [3.63, 3.8) is 0 Å². The summed E-state index contributed by atoms with van der Waals surface area (Å²) in [6.07, 6.45) is 6.46. The van der Waals surface area contributed by atoms with Crippen LogP contribution >= 0.6 is 0 Å². The van der Waals surface area contributed by atoms with Gasteiger partial charge in [0.15, 0.2) is 0 Å². The summed E-state index contributed by atoms with van der Waals surface area (Å²) >= 11 is 0. The standard InChI is InChI=1S/C17H15FN4O2/c18-13-4-6-14(7-5-13)21-15-8-3-12(10-19-15)2-1-9-22-16(23)11-20-17(22)24/h1-8,10-11,23H,9H2,(H,19,21)(H,20,24). The van der Waals surface area contributed by atoms with Crippen molar-refractivity contribution in [2.24, 2.45) is 0 Å². The molecule has 0 aliphatic heterocycles. The first-order chi connectivity index (χ1) is 11.6. The smallest absolute Gasteiger partial charge is 0.328 e. The SMILES string of the molecule is O=c1[nH]cc(O)n1CC=Cc1ccc(Nc2ccc(F)cc2)nc1. The van der Waals surface area contributed by atoms with Gasteiger partial charge in [0.25, 0.3) is 0 Å². The number of imidazole rings is 1. The lowest BCUT2D eigenvalue weighted by Gasteiger charge is -2.05. The highest BCUT2D eigenvalue weighted by Gasteiger charge is 2.01. The topological polar surface area (TPSA) is 82.9 Å². The van der Waals surface area contributed by atoms with Gasteiger partial charge in [-0.25, -0.2) is 14.2 Å². The molecule has 0 fully saturated rings. The Hall–Kier alpha value is -3.35. The minimum Gasteiger partial charge on any atom is -0.493 e. The highest BCUT2D eigenvalue weighted by atomic mass is 19.1. The number of aromatic amines is 1. The fourth-order valence-corrected chi connectivity index (χ4v) is 2.12. The fraction of sp³-hybridized carbons (Fsp3) is 0.0588. The van der Waals surface area contributed by atoms with E-state index >= 15 is 0 Å². The number of halogens is 1. The lowest BCUT2D eigenvalue weighted by Crippen LogP contribution is -2.15. The van der Waals surface area contributed by atoms with Crippen LogP contribution in [0.1, 0.15) is 5.56 Å². The van der Waals surface area contributed by atoms with Gasteiger partial charge in [-0.3, -0.25) is 4.57 Å². The third-order valence-electron chi connectivity index (χ3n) is 3.35. The zero-order valence-electron chi connectivity index (χ0n) is 12.6. The highest BCUT2D eigenvalue weighted by Crippen LogP contribution is 2.15. The zero-order valence-corrected chi connectivity index (χ0v) is 12.6. The summed E-state index contributed by atoms with van der Waals surface area (Å²) in [5.41, 5.74) is 1.23. The number of hydrogen-bond acceptors (Lipinski definition) is 4. The monoisotopic (exact) mass is 326 g/mol. The van der Waals surface area contributed by atoms with Crippen LogP contribution in [-0.4, -0.2) is 19.6 Å². The van der Waals surface area contributed by atoms with Gasteiger partial charge < -0.3 is 15.4 Å². The quantitative estimate of drug-likeness (QED) is 0.673. The Morgan fingerprint density at radius 1 is 1.25 bits per heavy atom. The van der Waals surface area contributed by atoms with E-state index in [-0.39, 0.29) is 23.9 Å². The van der Waals surface area contributed by atoms with Crippen molar-refractivity contribution in [1.29, 1.82) is 0 Å². The summed E-state index contributed by atoms with van der Waals surface area (Å²) in [5.74, 6) is 0.237. The van der Waals surface area contributed by atoms with Gasteiger partial charge in [0.2, 0.25) is 5.88 Å². The molecular weight excluding hydrogens is 311 g/mol. The molecule has 0 unspecified atom stereocenters. The molecule has 2 aromatic heterocycles. The third-order valence-corrected chi connectivity index (χ3v) is 3.35. The van der Waals surface area contributed by atoms with E-state index in [1.165, 1.54) is 22.9 Å². The Morgan fingerprint density at radius 3 is 2.67 bits per heavy atom. The number of aromatic nitrogens is 3. The van der Waals surface area contributed by atoms with E-state index in [9.17, 15) is 14.3 Å². The summed E-state index contributed by atoms with van der Waals surface area (Å²) in [6.45, 7) is 0.254. The predicted molar refractivity (Wildman–Crippen MR) is 89.7 cm³/mol. The molecule has 0 saturated carbocycles. The summed E-state index contributed by atoms with van der Waals surface area (Å²) in [4.78, 5) is 18.1. The molecule has 0 aliphatic carbocycles. The van der Waals surface area contributed by atoms with Crippen LogP contribution < -0.4 is 11.0 Å². The van der Waals surface area contributed by atoms with Crippen LogP contribution in [-0.2, 0) is 6.54 Å². The van der Waals surface area contributed by atoms with E-state index in [0.717, 1.165) is 11.3 Å². The van der Waals surface area contributed by atoms with Crippen LogP contribution in [0, 0.1) is 5.82 Å². The first-order valence-electron chi connectivity index (χ1n) is 7.24. The van der Waals surface area contributed by atoms with Crippen molar-refractivity contribution < 1.29 is 9.50 Å². The molecule has 0 spiro atoms. The Bertz CT molecular complexity index is 896. The van der Waals surface area contributed by atoms with E-state index in [2.05, 4.69) is 15.3 Å². The minimum atomic E-state index is -0.367. The van der Waals surface area contributed by atoms with Gasteiger partial charge in [-0.15, -0.1) is 0 Å². The number of allylic oxidation sites excluding steroid dienone is 1. The zero-order chi connectivity index (χ0) is 16.9. The maximum Gasteiger partial charge on any atom is 0.328 e. The molecule has 24 heavy (non-hydrogen) atoms. The average molecular weight is 326 g/mol. The first-order valence-corrected chi connectivity index (χ1v) is 7.24. The van der Waals surface area contributed by atoms with E-state index < -0.39 is 0 Å². The number of aromatic hydroxyl groups is 1. The van der Waals surface area contributed by atoms with E-state index in [4.69, 9.17) is 0 Å². The highest BCUT2D eigenvalue weighted by molar-refractivity contribution is 5.58. The first kappa shape index (κ1) is 15.5. The van der Waals surface area contributed by atoms with Crippen LogP contribution in [0.3, 0.4) is 0 Å². The second kappa shape index (κ2) is 6.82. The number of anilines is 2. The van der Waals surface area contributed by atoms with Gasteiger partial charge in [-0.2, -0.15) is 0 Å². The number of nitrogens with zero attached hydrogens (tertiary/aromatic N) is 2. The van der Waals surface area contributed by atoms with Crippen LogP contribution in [0.4, 0.5) is 15.9 Å². The van der Waals surface area contributed by atoms with Crippen molar-refractivity contribution in [3.05, 3.63) is 76.7 Å². The molecule has 0 amide bonds.